The van der Waals surface area contributed by atoms with Crippen molar-refractivity contribution in [3.05, 3.63) is 71.2 Å². The molecule has 8 heteroatoms. The minimum absolute atomic E-state index is 0.234. The van der Waals surface area contributed by atoms with Crippen molar-refractivity contribution in [2.75, 3.05) is 6.54 Å². The third-order valence-electron chi connectivity index (χ3n) is 3.95. The van der Waals surface area contributed by atoms with Gasteiger partial charge in [0.2, 0.25) is 5.91 Å². The van der Waals surface area contributed by atoms with Crippen molar-refractivity contribution in [3.8, 4) is 0 Å². The van der Waals surface area contributed by atoms with E-state index in [1.807, 2.05) is 0 Å². The van der Waals surface area contributed by atoms with Gasteiger partial charge in [-0.2, -0.15) is 0 Å². The maximum atomic E-state index is 13.7. The molecule has 0 aliphatic rings. The van der Waals surface area contributed by atoms with Gasteiger partial charge in [-0.15, -0.1) is 0 Å². The molecule has 5 N–H and O–H groups in total. The van der Waals surface area contributed by atoms with E-state index in [2.05, 4.69) is 15.6 Å². The van der Waals surface area contributed by atoms with Gasteiger partial charge in [-0.3, -0.25) is 14.4 Å². The summed E-state index contributed by atoms with van der Waals surface area (Å²) in [6, 6.07) is 12.6. The van der Waals surface area contributed by atoms with Crippen LogP contribution < -0.4 is 16.4 Å². The van der Waals surface area contributed by atoms with Crippen LogP contribution in [0.5, 0.6) is 0 Å². The average Bonchev–Trinajstić information content (AvgIpc) is 3.10. The molecule has 0 bridgehead atoms. The summed E-state index contributed by atoms with van der Waals surface area (Å²) in [5, 5.41) is 5.47. The lowest BCUT2D eigenvalue weighted by Crippen LogP contribution is -2.33. The van der Waals surface area contributed by atoms with Crippen LogP contribution in [-0.2, 0) is 11.3 Å². The summed E-state index contributed by atoms with van der Waals surface area (Å²) in [5.74, 6) is -1.80. The second-order valence-corrected chi connectivity index (χ2v) is 5.91. The lowest BCUT2D eigenvalue weighted by molar-refractivity contribution is -0.117. The number of rotatable bonds is 6. The molecule has 0 unspecified atom stereocenters. The first-order valence-corrected chi connectivity index (χ1v) is 8.15. The highest BCUT2D eigenvalue weighted by Gasteiger charge is 2.12. The quantitative estimate of drug-likeness (QED) is 0.527. The summed E-state index contributed by atoms with van der Waals surface area (Å²) in [5.41, 5.74) is 6.93. The van der Waals surface area contributed by atoms with Crippen molar-refractivity contribution in [3.63, 3.8) is 0 Å². The second kappa shape index (κ2) is 7.69. The number of nitrogens with two attached hydrogens (primary N) is 1. The number of carbonyl (C=O) groups excluding carboxylic acids is 3. The Balaban J connectivity index is 1.60. The van der Waals surface area contributed by atoms with Crippen LogP contribution >= 0.6 is 0 Å². The molecule has 1 aromatic heterocycles. The molecule has 0 aliphatic carbocycles. The predicted octanol–water partition coefficient (Wildman–Crippen LogP) is 1.45. The van der Waals surface area contributed by atoms with Gasteiger partial charge < -0.3 is 21.4 Å². The number of primary amides is 1. The summed E-state index contributed by atoms with van der Waals surface area (Å²) in [4.78, 5) is 37.6. The third kappa shape index (κ3) is 4.30. The van der Waals surface area contributed by atoms with Gasteiger partial charge >= 0.3 is 0 Å². The molecule has 0 saturated carbocycles. The number of nitrogens with one attached hydrogen (secondary N) is 3. The normalized spacial score (nSPS) is 10.6. The Morgan fingerprint density at radius 1 is 1.00 bits per heavy atom. The lowest BCUT2D eigenvalue weighted by Gasteiger charge is -2.06. The molecule has 2 aromatic carbocycles. The van der Waals surface area contributed by atoms with E-state index < -0.39 is 17.6 Å². The van der Waals surface area contributed by atoms with E-state index in [-0.39, 0.29) is 24.7 Å². The number of H-pyrrole nitrogens is 1. The molecule has 7 nitrogen and oxygen atoms in total. The van der Waals surface area contributed by atoms with E-state index in [1.54, 1.807) is 36.4 Å². The average molecular weight is 368 g/mol. The fourth-order valence-electron chi connectivity index (χ4n) is 2.56. The summed E-state index contributed by atoms with van der Waals surface area (Å²) in [6.07, 6.45) is 0. The first-order chi connectivity index (χ1) is 12.9. The van der Waals surface area contributed by atoms with Crippen molar-refractivity contribution in [2.24, 2.45) is 5.73 Å². The van der Waals surface area contributed by atoms with E-state index in [9.17, 15) is 18.8 Å². The molecule has 27 heavy (non-hydrogen) atoms. The number of carbonyl (C=O) groups is 3. The van der Waals surface area contributed by atoms with E-state index in [1.165, 1.54) is 12.1 Å². The maximum absolute atomic E-state index is 13.7. The van der Waals surface area contributed by atoms with Crippen LogP contribution in [0.2, 0.25) is 0 Å². The zero-order valence-corrected chi connectivity index (χ0v) is 14.2. The van der Waals surface area contributed by atoms with Gasteiger partial charge in [0.1, 0.15) is 11.5 Å². The number of aromatic nitrogens is 1. The maximum Gasteiger partial charge on any atom is 0.267 e. The number of halogens is 1. The number of fused-ring (bicyclic) bond motifs is 1. The SMILES string of the molecule is NC(=O)CNC(=O)c1ccc(CNC(=O)c2cc3c(F)cccc3[nH]2)cc1. The monoisotopic (exact) mass is 368 g/mol. The van der Waals surface area contributed by atoms with Crippen LogP contribution in [0.15, 0.2) is 48.5 Å². The summed E-state index contributed by atoms with van der Waals surface area (Å²) < 4.78 is 13.7. The number of hydrogen-bond donors (Lipinski definition) is 4. The van der Waals surface area contributed by atoms with Crippen molar-refractivity contribution in [2.45, 2.75) is 6.54 Å². The van der Waals surface area contributed by atoms with Gasteiger partial charge in [0, 0.05) is 23.0 Å². The molecule has 0 radical (unpaired) electrons. The first-order valence-electron chi connectivity index (χ1n) is 8.15. The molecule has 138 valence electrons. The van der Waals surface area contributed by atoms with Crippen LogP contribution in [0, 0.1) is 5.82 Å². The lowest BCUT2D eigenvalue weighted by atomic mass is 10.1. The highest BCUT2D eigenvalue weighted by molar-refractivity contribution is 5.98. The number of amides is 3. The smallest absolute Gasteiger partial charge is 0.267 e. The molecular weight excluding hydrogens is 351 g/mol. The fraction of sp³-hybridized carbons (Fsp3) is 0.105. The number of benzene rings is 2. The van der Waals surface area contributed by atoms with Gasteiger partial charge in [-0.05, 0) is 35.9 Å². The molecule has 0 atom stereocenters. The van der Waals surface area contributed by atoms with Gasteiger partial charge in [0.15, 0.2) is 0 Å². The Kier molecular flexibility index (Phi) is 5.16. The molecule has 3 aromatic rings. The van der Waals surface area contributed by atoms with E-state index in [0.29, 0.717) is 16.5 Å². The van der Waals surface area contributed by atoms with Crippen molar-refractivity contribution >= 4 is 28.6 Å². The summed E-state index contributed by atoms with van der Waals surface area (Å²) >= 11 is 0. The highest BCUT2D eigenvalue weighted by atomic mass is 19.1. The zero-order chi connectivity index (χ0) is 19.4. The topological polar surface area (TPSA) is 117 Å². The summed E-state index contributed by atoms with van der Waals surface area (Å²) in [7, 11) is 0. The van der Waals surface area contributed by atoms with Crippen molar-refractivity contribution < 1.29 is 18.8 Å². The van der Waals surface area contributed by atoms with E-state index >= 15 is 0 Å². The molecule has 0 spiro atoms. The van der Waals surface area contributed by atoms with Crippen LogP contribution in [0.25, 0.3) is 10.9 Å². The standard InChI is InChI=1S/C19H17FN4O3/c20-14-2-1-3-15-13(14)8-16(24-15)19(27)22-9-11-4-6-12(7-5-11)18(26)23-10-17(21)25/h1-8,24H,9-10H2,(H2,21,25)(H,22,27)(H,23,26). The predicted molar refractivity (Wildman–Crippen MR) is 97.4 cm³/mol. The fourth-order valence-corrected chi connectivity index (χ4v) is 2.56. The Hall–Kier alpha value is -3.68. The second-order valence-electron chi connectivity index (χ2n) is 5.91. The Morgan fingerprint density at radius 3 is 2.41 bits per heavy atom. The largest absolute Gasteiger partial charge is 0.368 e. The molecule has 0 aliphatic heterocycles. The Bertz CT molecular complexity index is 1010. The van der Waals surface area contributed by atoms with Gasteiger partial charge in [0.05, 0.1) is 6.54 Å². The minimum atomic E-state index is -0.625. The highest BCUT2D eigenvalue weighted by Crippen LogP contribution is 2.18. The first kappa shape index (κ1) is 18.1. The van der Waals surface area contributed by atoms with Crippen molar-refractivity contribution in [1.29, 1.82) is 0 Å². The minimum Gasteiger partial charge on any atom is -0.368 e. The molecule has 0 saturated heterocycles. The zero-order valence-electron chi connectivity index (χ0n) is 14.2. The van der Waals surface area contributed by atoms with Gasteiger partial charge in [-0.25, -0.2) is 4.39 Å². The third-order valence-corrected chi connectivity index (χ3v) is 3.95. The molecule has 3 amide bonds. The molecule has 0 fully saturated rings. The number of aromatic amines is 1. The van der Waals surface area contributed by atoms with Crippen LogP contribution in [0.1, 0.15) is 26.4 Å². The van der Waals surface area contributed by atoms with E-state index in [0.717, 1.165) is 5.56 Å². The summed E-state index contributed by atoms with van der Waals surface area (Å²) in [6.45, 7) is 0.00159. The molecule has 1 heterocycles. The molecule has 3 rings (SSSR count). The van der Waals surface area contributed by atoms with Crippen LogP contribution in [0.3, 0.4) is 0 Å². The van der Waals surface area contributed by atoms with Crippen molar-refractivity contribution in [1.82, 2.24) is 15.6 Å². The van der Waals surface area contributed by atoms with Gasteiger partial charge in [0.25, 0.3) is 11.8 Å². The molecular formula is C19H17FN4O3. The Labute approximate surface area is 153 Å². The number of hydrogen-bond acceptors (Lipinski definition) is 3. The van der Waals surface area contributed by atoms with E-state index in [4.69, 9.17) is 5.73 Å². The van der Waals surface area contributed by atoms with Gasteiger partial charge in [-0.1, -0.05) is 18.2 Å². The Morgan fingerprint density at radius 2 is 1.74 bits per heavy atom. The van der Waals surface area contributed by atoms with Crippen LogP contribution in [0.4, 0.5) is 4.39 Å². The van der Waals surface area contributed by atoms with Crippen LogP contribution in [-0.4, -0.2) is 29.3 Å².